The van der Waals surface area contributed by atoms with Crippen LogP contribution < -0.4 is 0 Å². The van der Waals surface area contributed by atoms with Crippen LogP contribution in [0.4, 0.5) is 4.39 Å². The van der Waals surface area contributed by atoms with Crippen LogP contribution in [-0.4, -0.2) is 17.5 Å². The first-order valence-electron chi connectivity index (χ1n) is 6.05. The summed E-state index contributed by atoms with van der Waals surface area (Å²) in [4.78, 5) is 2.21. The number of hydrogen-bond acceptors (Lipinski definition) is 2. The summed E-state index contributed by atoms with van der Waals surface area (Å²) in [6, 6.07) is 7.30. The molecule has 17 heavy (non-hydrogen) atoms. The topological polar surface area (TPSA) is 27.0 Å². The predicted molar refractivity (Wildman–Crippen MR) is 67.0 cm³/mol. The smallest absolute Gasteiger partial charge is 0.145 e. The monoisotopic (exact) mass is 234 g/mol. The zero-order valence-corrected chi connectivity index (χ0v) is 10.7. The Balaban J connectivity index is 2.91. The Morgan fingerprint density at radius 3 is 2.65 bits per heavy atom. The third-order valence-corrected chi connectivity index (χ3v) is 3.19. The molecule has 1 aromatic rings. The van der Waals surface area contributed by atoms with Crippen molar-refractivity contribution in [3.05, 3.63) is 35.1 Å². The summed E-state index contributed by atoms with van der Waals surface area (Å²) in [5.41, 5.74) is 0.730. The average Bonchev–Trinajstić information content (AvgIpc) is 2.36. The van der Waals surface area contributed by atoms with Crippen LogP contribution in [-0.2, 0) is 6.54 Å². The van der Waals surface area contributed by atoms with E-state index in [9.17, 15) is 4.39 Å². The first kappa shape index (κ1) is 13.7. The van der Waals surface area contributed by atoms with Crippen LogP contribution in [0.1, 0.15) is 38.3 Å². The van der Waals surface area contributed by atoms with Crippen molar-refractivity contribution >= 4 is 0 Å². The number of hydrogen-bond donors (Lipinski definition) is 0. The van der Waals surface area contributed by atoms with Crippen LogP contribution in [0.15, 0.2) is 18.2 Å². The van der Waals surface area contributed by atoms with Crippen molar-refractivity contribution < 1.29 is 4.39 Å². The molecule has 0 aliphatic carbocycles. The molecule has 0 spiro atoms. The van der Waals surface area contributed by atoms with Crippen LogP contribution in [0.2, 0.25) is 0 Å². The largest absolute Gasteiger partial charge is 0.297 e. The molecule has 0 heterocycles. The lowest BCUT2D eigenvalue weighted by Crippen LogP contribution is -2.32. The summed E-state index contributed by atoms with van der Waals surface area (Å²) in [7, 11) is 0. The summed E-state index contributed by atoms with van der Waals surface area (Å²) in [5.74, 6) is -0.378. The zero-order valence-electron chi connectivity index (χ0n) is 10.7. The molecular formula is C14H19FN2. The number of nitrogens with zero attached hydrogens (tertiary/aromatic N) is 2. The van der Waals surface area contributed by atoms with E-state index in [-0.39, 0.29) is 11.4 Å². The molecule has 0 fully saturated rings. The lowest BCUT2D eigenvalue weighted by atomic mass is 10.1. The van der Waals surface area contributed by atoms with Crippen molar-refractivity contribution in [3.63, 3.8) is 0 Å². The van der Waals surface area contributed by atoms with Crippen LogP contribution in [0.5, 0.6) is 0 Å². The predicted octanol–water partition coefficient (Wildman–Crippen LogP) is 3.32. The van der Waals surface area contributed by atoms with Crippen LogP contribution >= 0.6 is 0 Å². The third kappa shape index (κ3) is 3.28. The van der Waals surface area contributed by atoms with E-state index in [1.807, 2.05) is 6.07 Å². The third-order valence-electron chi connectivity index (χ3n) is 3.19. The molecule has 1 aromatic carbocycles. The highest BCUT2D eigenvalue weighted by atomic mass is 19.1. The Bertz CT molecular complexity index is 409. The van der Waals surface area contributed by atoms with E-state index in [0.717, 1.165) is 13.0 Å². The molecule has 0 saturated heterocycles. The molecule has 0 aliphatic heterocycles. The molecule has 0 aromatic heterocycles. The van der Waals surface area contributed by atoms with Gasteiger partial charge in [0.1, 0.15) is 11.9 Å². The zero-order chi connectivity index (χ0) is 12.8. The van der Waals surface area contributed by atoms with Crippen molar-refractivity contribution in [1.82, 2.24) is 4.90 Å². The Labute approximate surface area is 103 Å². The van der Waals surface area contributed by atoms with Gasteiger partial charge in [0, 0.05) is 18.2 Å². The number of rotatable bonds is 5. The van der Waals surface area contributed by atoms with Gasteiger partial charge in [-0.25, -0.2) is 4.39 Å². The molecular weight excluding hydrogens is 215 g/mol. The minimum atomic E-state index is -0.378. The Hall–Kier alpha value is -1.40. The van der Waals surface area contributed by atoms with E-state index in [4.69, 9.17) is 5.26 Å². The summed E-state index contributed by atoms with van der Waals surface area (Å²) < 4.78 is 13.9. The molecule has 0 radical (unpaired) electrons. The highest BCUT2D eigenvalue weighted by Crippen LogP contribution is 2.16. The standard InChI is InChI=1S/C14H19FN2/c1-4-11(3)17(5-2)10-13-8-6-7-12(9-16)14(13)15/h6-8,11H,4-5,10H2,1-3H3. The van der Waals surface area contributed by atoms with Crippen molar-refractivity contribution in [2.75, 3.05) is 6.54 Å². The normalized spacial score (nSPS) is 12.5. The first-order valence-corrected chi connectivity index (χ1v) is 6.05. The maximum atomic E-state index is 13.9. The fourth-order valence-corrected chi connectivity index (χ4v) is 1.84. The number of benzene rings is 1. The number of nitriles is 1. The van der Waals surface area contributed by atoms with Gasteiger partial charge in [-0.05, 0) is 26.0 Å². The second-order valence-electron chi connectivity index (χ2n) is 4.21. The summed E-state index contributed by atoms with van der Waals surface area (Å²) in [6.45, 7) is 7.77. The lowest BCUT2D eigenvalue weighted by Gasteiger charge is -2.27. The second kappa shape index (κ2) is 6.36. The van der Waals surface area contributed by atoms with Gasteiger partial charge < -0.3 is 0 Å². The minimum absolute atomic E-state index is 0.128. The summed E-state index contributed by atoms with van der Waals surface area (Å²) in [6.07, 6.45) is 1.04. The minimum Gasteiger partial charge on any atom is -0.297 e. The van der Waals surface area contributed by atoms with Gasteiger partial charge in [0.05, 0.1) is 5.56 Å². The molecule has 92 valence electrons. The van der Waals surface area contributed by atoms with E-state index in [2.05, 4.69) is 25.7 Å². The van der Waals surface area contributed by atoms with E-state index in [0.29, 0.717) is 18.2 Å². The van der Waals surface area contributed by atoms with E-state index >= 15 is 0 Å². The molecule has 0 aliphatic rings. The molecule has 1 atom stereocenters. The molecule has 1 unspecified atom stereocenters. The first-order chi connectivity index (χ1) is 8.13. The van der Waals surface area contributed by atoms with Gasteiger partial charge in [0.15, 0.2) is 0 Å². The molecule has 1 rings (SSSR count). The molecule has 0 bridgehead atoms. The Morgan fingerprint density at radius 2 is 2.12 bits per heavy atom. The van der Waals surface area contributed by atoms with Crippen molar-refractivity contribution in [1.29, 1.82) is 5.26 Å². The van der Waals surface area contributed by atoms with Crippen LogP contribution in [0.25, 0.3) is 0 Å². The van der Waals surface area contributed by atoms with Crippen LogP contribution in [0.3, 0.4) is 0 Å². The summed E-state index contributed by atoms with van der Waals surface area (Å²) in [5, 5.41) is 8.79. The van der Waals surface area contributed by atoms with E-state index in [1.54, 1.807) is 12.1 Å². The average molecular weight is 234 g/mol. The van der Waals surface area contributed by atoms with Crippen molar-refractivity contribution in [2.24, 2.45) is 0 Å². The van der Waals surface area contributed by atoms with Crippen molar-refractivity contribution in [2.45, 2.75) is 39.8 Å². The highest BCUT2D eigenvalue weighted by molar-refractivity contribution is 5.34. The number of halogens is 1. The molecule has 3 heteroatoms. The highest BCUT2D eigenvalue weighted by Gasteiger charge is 2.14. The van der Waals surface area contributed by atoms with E-state index in [1.165, 1.54) is 6.07 Å². The fraction of sp³-hybridized carbons (Fsp3) is 0.500. The molecule has 0 N–H and O–H groups in total. The van der Waals surface area contributed by atoms with Gasteiger partial charge in [-0.2, -0.15) is 5.26 Å². The van der Waals surface area contributed by atoms with Crippen molar-refractivity contribution in [3.8, 4) is 6.07 Å². The molecule has 0 saturated carbocycles. The second-order valence-corrected chi connectivity index (χ2v) is 4.21. The van der Waals surface area contributed by atoms with Crippen LogP contribution in [0, 0.1) is 17.1 Å². The maximum absolute atomic E-state index is 13.9. The fourth-order valence-electron chi connectivity index (χ4n) is 1.84. The maximum Gasteiger partial charge on any atom is 0.145 e. The summed E-state index contributed by atoms with van der Waals surface area (Å²) >= 11 is 0. The molecule has 0 amide bonds. The Kier molecular flexibility index (Phi) is 5.11. The van der Waals surface area contributed by atoms with Gasteiger partial charge in [0.2, 0.25) is 0 Å². The quantitative estimate of drug-likeness (QED) is 0.781. The van der Waals surface area contributed by atoms with Gasteiger partial charge in [-0.3, -0.25) is 4.90 Å². The van der Waals surface area contributed by atoms with Gasteiger partial charge in [-0.1, -0.05) is 26.0 Å². The van der Waals surface area contributed by atoms with E-state index < -0.39 is 0 Å². The van der Waals surface area contributed by atoms with Gasteiger partial charge in [-0.15, -0.1) is 0 Å². The van der Waals surface area contributed by atoms with Gasteiger partial charge >= 0.3 is 0 Å². The van der Waals surface area contributed by atoms with Gasteiger partial charge in [0.25, 0.3) is 0 Å². The lowest BCUT2D eigenvalue weighted by molar-refractivity contribution is 0.203. The Morgan fingerprint density at radius 1 is 1.41 bits per heavy atom. The molecule has 2 nitrogen and oxygen atoms in total. The SMILES string of the molecule is CCC(C)N(CC)Cc1cccc(C#N)c1F.